The third kappa shape index (κ3) is 6.43. The van der Waals surface area contributed by atoms with Crippen molar-refractivity contribution in [1.82, 2.24) is 10.2 Å². The van der Waals surface area contributed by atoms with Crippen LogP contribution in [0, 0.1) is 0 Å². The molecule has 11 heavy (non-hydrogen) atoms. The summed E-state index contributed by atoms with van der Waals surface area (Å²) in [5, 5.41) is 21.2. The molecular formula is C4H13N2O4P. The van der Waals surface area contributed by atoms with Gasteiger partial charge in [-0.05, 0) is 13.8 Å². The molecule has 0 heterocycles. The quantitative estimate of drug-likeness (QED) is 0.282. The lowest BCUT2D eigenvalue weighted by Gasteiger charge is -2.17. The van der Waals surface area contributed by atoms with Gasteiger partial charge in [0.15, 0.2) is 0 Å². The number of rotatable bonds is 4. The fourth-order valence-corrected chi connectivity index (χ4v) is 1.63. The van der Waals surface area contributed by atoms with Gasteiger partial charge >= 0.3 is 7.67 Å². The Bertz CT molecular complexity index is 146. The van der Waals surface area contributed by atoms with Crippen molar-refractivity contribution in [3.05, 3.63) is 0 Å². The molecule has 2 atom stereocenters. The van der Waals surface area contributed by atoms with Crippen LogP contribution in [0.15, 0.2) is 0 Å². The van der Waals surface area contributed by atoms with E-state index in [9.17, 15) is 4.57 Å². The third-order valence-corrected chi connectivity index (χ3v) is 2.17. The first-order chi connectivity index (χ1) is 4.83. The fourth-order valence-electron chi connectivity index (χ4n) is 0.544. The van der Waals surface area contributed by atoms with Gasteiger partial charge in [-0.1, -0.05) is 0 Å². The summed E-state index contributed by atoms with van der Waals surface area (Å²) in [7, 11) is -3.80. The molecule has 0 amide bonds. The first-order valence-electron chi connectivity index (χ1n) is 3.08. The van der Waals surface area contributed by atoms with Crippen LogP contribution in [-0.4, -0.2) is 27.6 Å². The summed E-state index contributed by atoms with van der Waals surface area (Å²) >= 11 is 0. The first-order valence-corrected chi connectivity index (χ1v) is 4.74. The van der Waals surface area contributed by atoms with E-state index in [1.165, 1.54) is 13.8 Å². The standard InChI is InChI=1S/C4H13N2O4P/c1-3(7)5-11(9,10)6-4(2)8/h3-4,7-8H,1-2H3,(H3,5,6,9,10). The van der Waals surface area contributed by atoms with Gasteiger partial charge in [0.2, 0.25) is 0 Å². The van der Waals surface area contributed by atoms with Gasteiger partial charge in [0.25, 0.3) is 0 Å². The molecule has 0 spiro atoms. The minimum absolute atomic E-state index is 1.10. The molecule has 7 heteroatoms. The summed E-state index contributed by atoms with van der Waals surface area (Å²) in [6.07, 6.45) is -2.20. The van der Waals surface area contributed by atoms with E-state index >= 15 is 0 Å². The van der Waals surface area contributed by atoms with E-state index in [1.54, 1.807) is 0 Å². The number of nitrogens with one attached hydrogen (secondary N) is 2. The molecule has 0 radical (unpaired) electrons. The maximum absolute atomic E-state index is 10.8. The Labute approximate surface area is 64.8 Å². The second-order valence-electron chi connectivity index (χ2n) is 2.19. The molecule has 0 aromatic carbocycles. The van der Waals surface area contributed by atoms with Crippen molar-refractivity contribution >= 4 is 7.67 Å². The van der Waals surface area contributed by atoms with E-state index in [1.807, 2.05) is 10.2 Å². The zero-order chi connectivity index (χ0) is 9.07. The number of hydrogen-bond acceptors (Lipinski definition) is 3. The fraction of sp³-hybridized carbons (Fsp3) is 1.00. The predicted molar refractivity (Wildman–Crippen MR) is 39.5 cm³/mol. The summed E-state index contributed by atoms with van der Waals surface area (Å²) in [5.41, 5.74) is 0. The van der Waals surface area contributed by atoms with Crippen molar-refractivity contribution in [2.75, 3.05) is 0 Å². The topological polar surface area (TPSA) is 102 Å². The minimum atomic E-state index is -3.80. The van der Waals surface area contributed by atoms with E-state index < -0.39 is 20.1 Å². The van der Waals surface area contributed by atoms with Crippen molar-refractivity contribution in [3.8, 4) is 0 Å². The van der Waals surface area contributed by atoms with Crippen molar-refractivity contribution in [1.29, 1.82) is 0 Å². The second kappa shape index (κ2) is 4.15. The van der Waals surface area contributed by atoms with Gasteiger partial charge in [0.1, 0.15) is 12.5 Å². The van der Waals surface area contributed by atoms with E-state index in [4.69, 9.17) is 15.1 Å². The zero-order valence-corrected chi connectivity index (χ0v) is 7.25. The van der Waals surface area contributed by atoms with Crippen LogP contribution >= 0.6 is 7.67 Å². The molecule has 68 valence electrons. The molecule has 5 N–H and O–H groups in total. The van der Waals surface area contributed by atoms with Crippen LogP contribution in [0.5, 0.6) is 0 Å². The van der Waals surface area contributed by atoms with Gasteiger partial charge in [-0.2, -0.15) is 0 Å². The average Bonchev–Trinajstić information content (AvgIpc) is 1.53. The predicted octanol–water partition coefficient (Wildman–Crippen LogP) is -1.06. The highest BCUT2D eigenvalue weighted by Crippen LogP contribution is 2.30. The van der Waals surface area contributed by atoms with E-state index in [0.29, 0.717) is 0 Å². The van der Waals surface area contributed by atoms with E-state index in [2.05, 4.69) is 0 Å². The summed E-state index contributed by atoms with van der Waals surface area (Å²) in [6.45, 7) is 2.60. The largest absolute Gasteiger partial charge is 0.378 e. The molecule has 2 unspecified atom stereocenters. The molecule has 0 aromatic heterocycles. The summed E-state index contributed by atoms with van der Waals surface area (Å²) < 4.78 is 10.8. The smallest absolute Gasteiger partial charge is 0.342 e. The van der Waals surface area contributed by atoms with Gasteiger partial charge < -0.3 is 15.1 Å². The van der Waals surface area contributed by atoms with E-state index in [0.717, 1.165) is 0 Å². The second-order valence-corrected chi connectivity index (χ2v) is 3.85. The van der Waals surface area contributed by atoms with Crippen molar-refractivity contribution in [2.45, 2.75) is 26.3 Å². The van der Waals surface area contributed by atoms with Crippen LogP contribution in [0.4, 0.5) is 0 Å². The molecule has 0 aromatic rings. The summed E-state index contributed by atoms with van der Waals surface area (Å²) in [4.78, 5) is 8.87. The first kappa shape index (κ1) is 11.0. The SMILES string of the molecule is CC(O)NP(=O)(O)NC(C)O. The maximum atomic E-state index is 10.8. The molecule has 0 aliphatic carbocycles. The van der Waals surface area contributed by atoms with Crippen LogP contribution in [-0.2, 0) is 4.57 Å². The van der Waals surface area contributed by atoms with Gasteiger partial charge in [0.05, 0.1) is 0 Å². The Morgan fingerprint density at radius 2 is 1.45 bits per heavy atom. The lowest BCUT2D eigenvalue weighted by atomic mass is 10.7. The third-order valence-electron chi connectivity index (χ3n) is 0.724. The maximum Gasteiger partial charge on any atom is 0.342 e. The normalized spacial score (nSPS) is 22.3. The average molecular weight is 184 g/mol. The Hall–Kier alpha value is 0.0300. The van der Waals surface area contributed by atoms with Gasteiger partial charge in [-0.15, -0.1) is 0 Å². The summed E-state index contributed by atoms with van der Waals surface area (Å²) in [6, 6.07) is 0. The Morgan fingerprint density at radius 1 is 1.18 bits per heavy atom. The van der Waals surface area contributed by atoms with Crippen molar-refractivity contribution in [3.63, 3.8) is 0 Å². The van der Waals surface area contributed by atoms with Gasteiger partial charge in [-0.3, -0.25) is 4.57 Å². The monoisotopic (exact) mass is 184 g/mol. The molecule has 0 fully saturated rings. The number of aliphatic hydroxyl groups excluding tert-OH is 2. The van der Waals surface area contributed by atoms with Crippen molar-refractivity contribution in [2.24, 2.45) is 0 Å². The molecule has 0 rings (SSSR count). The number of hydrogen-bond donors (Lipinski definition) is 5. The highest BCUT2D eigenvalue weighted by Gasteiger charge is 2.20. The lowest BCUT2D eigenvalue weighted by Crippen LogP contribution is -2.33. The van der Waals surface area contributed by atoms with Crippen LogP contribution in [0.3, 0.4) is 0 Å². The van der Waals surface area contributed by atoms with Crippen LogP contribution in [0.2, 0.25) is 0 Å². The van der Waals surface area contributed by atoms with Gasteiger partial charge in [0, 0.05) is 0 Å². The van der Waals surface area contributed by atoms with Crippen molar-refractivity contribution < 1.29 is 19.7 Å². The molecule has 6 nitrogen and oxygen atoms in total. The van der Waals surface area contributed by atoms with Crippen LogP contribution < -0.4 is 10.2 Å². The van der Waals surface area contributed by atoms with Gasteiger partial charge in [-0.25, -0.2) is 10.2 Å². The molecule has 0 bridgehead atoms. The zero-order valence-electron chi connectivity index (χ0n) is 6.35. The lowest BCUT2D eigenvalue weighted by molar-refractivity contribution is 0.160. The minimum Gasteiger partial charge on any atom is -0.378 e. The molecule has 0 saturated heterocycles. The Morgan fingerprint density at radius 3 is 1.64 bits per heavy atom. The Balaban J connectivity index is 3.91. The Kier molecular flexibility index (Phi) is 4.17. The molecule has 0 aliphatic rings. The highest BCUT2D eigenvalue weighted by molar-refractivity contribution is 7.53. The van der Waals surface area contributed by atoms with Crippen LogP contribution in [0.1, 0.15) is 13.8 Å². The van der Waals surface area contributed by atoms with E-state index in [-0.39, 0.29) is 0 Å². The van der Waals surface area contributed by atoms with Crippen LogP contribution in [0.25, 0.3) is 0 Å². The highest BCUT2D eigenvalue weighted by atomic mass is 31.2. The molecule has 0 aliphatic heterocycles. The molecule has 0 saturated carbocycles. The summed E-state index contributed by atoms with van der Waals surface area (Å²) in [5.74, 6) is 0. The number of aliphatic hydroxyl groups is 2. The molecular weight excluding hydrogens is 171 g/mol.